The summed E-state index contributed by atoms with van der Waals surface area (Å²) < 4.78 is 1.98. The zero-order chi connectivity index (χ0) is 19.8. The van der Waals surface area contributed by atoms with Crippen LogP contribution in [0.2, 0.25) is 0 Å². The second kappa shape index (κ2) is 7.23. The van der Waals surface area contributed by atoms with Crippen molar-refractivity contribution >= 4 is 22.5 Å². The number of benzene rings is 1. The van der Waals surface area contributed by atoms with Crippen molar-refractivity contribution in [3.8, 4) is 6.19 Å². The van der Waals surface area contributed by atoms with Gasteiger partial charge >= 0.3 is 6.03 Å². The lowest BCUT2D eigenvalue weighted by molar-refractivity contribution is 0.214. The maximum Gasteiger partial charge on any atom is 0.336 e. The highest BCUT2D eigenvalue weighted by Gasteiger charge is 2.35. The van der Waals surface area contributed by atoms with Crippen LogP contribution in [0.5, 0.6) is 0 Å². The van der Waals surface area contributed by atoms with E-state index in [2.05, 4.69) is 42.8 Å². The maximum absolute atomic E-state index is 12.8. The third-order valence-electron chi connectivity index (χ3n) is 6.10. The highest BCUT2D eigenvalue weighted by Crippen LogP contribution is 2.42. The van der Waals surface area contributed by atoms with E-state index in [1.165, 1.54) is 22.1 Å². The Balaban J connectivity index is 1.88. The Morgan fingerprint density at radius 2 is 2.11 bits per heavy atom. The molecule has 1 atom stereocenters. The molecule has 1 N–H and O–H groups in total. The zero-order valence-electron chi connectivity index (χ0n) is 16.8. The van der Waals surface area contributed by atoms with Crippen LogP contribution in [0.25, 0.3) is 16.5 Å². The van der Waals surface area contributed by atoms with Gasteiger partial charge in [-0.15, -0.1) is 0 Å². The average molecular weight is 377 g/mol. The summed E-state index contributed by atoms with van der Waals surface area (Å²) in [4.78, 5) is 16.5. The standard InChI is InChI=1S/C22H27N5O/c1-4-18-17-13-20-15(10-8-12-26(20)14-23)16-9-7-11-19(21(16)17)27(18)24-22(28)25(5-2)6-3/h7,9-11,20H,4-6,8,12-13H2,1-3H3,(H,24,28)/t20-/m1/s1. The Morgan fingerprint density at radius 3 is 2.79 bits per heavy atom. The monoisotopic (exact) mass is 377 g/mol. The number of nitrogens with one attached hydrogen (secondary N) is 1. The first kappa shape index (κ1) is 18.4. The third-order valence-corrected chi connectivity index (χ3v) is 6.10. The summed E-state index contributed by atoms with van der Waals surface area (Å²) in [6.45, 7) is 8.22. The molecule has 0 unspecified atom stereocenters. The molecule has 0 saturated heterocycles. The highest BCUT2D eigenvalue weighted by atomic mass is 16.2. The zero-order valence-corrected chi connectivity index (χ0v) is 16.8. The van der Waals surface area contributed by atoms with E-state index < -0.39 is 0 Å². The molecule has 2 aliphatic rings. The van der Waals surface area contributed by atoms with Gasteiger partial charge in [0.1, 0.15) is 0 Å². The fraction of sp³-hybridized carbons (Fsp3) is 0.455. The molecule has 1 aromatic carbocycles. The summed E-state index contributed by atoms with van der Waals surface area (Å²) in [6.07, 6.45) is 7.19. The third kappa shape index (κ3) is 2.65. The number of carbonyl (C=O) groups excluding carboxylic acids is 1. The lowest BCUT2D eigenvalue weighted by Crippen LogP contribution is -2.39. The number of nitriles is 1. The molecule has 0 fully saturated rings. The molecule has 1 aliphatic heterocycles. The predicted molar refractivity (Wildman–Crippen MR) is 111 cm³/mol. The minimum absolute atomic E-state index is 0.0805. The minimum Gasteiger partial charge on any atom is -0.324 e. The van der Waals surface area contributed by atoms with Crippen LogP contribution in [0.3, 0.4) is 0 Å². The fourth-order valence-electron chi connectivity index (χ4n) is 4.75. The quantitative estimate of drug-likeness (QED) is 0.826. The molecule has 2 amide bonds. The molecule has 1 aliphatic carbocycles. The Bertz CT molecular complexity index is 993. The topological polar surface area (TPSA) is 64.3 Å². The SMILES string of the molecule is CCc1c2c3c(cccc3n1NC(=O)N(CC)CC)C1=CCCN(C#N)[C@@H]1C2. The Labute approximate surface area is 166 Å². The van der Waals surface area contributed by atoms with E-state index in [9.17, 15) is 10.1 Å². The number of carbonyl (C=O) groups is 1. The first-order valence-electron chi connectivity index (χ1n) is 10.2. The first-order valence-corrected chi connectivity index (χ1v) is 10.2. The van der Waals surface area contributed by atoms with Crippen molar-refractivity contribution in [3.63, 3.8) is 0 Å². The molecule has 0 spiro atoms. The van der Waals surface area contributed by atoms with Crippen LogP contribution < -0.4 is 5.43 Å². The van der Waals surface area contributed by atoms with Crippen molar-refractivity contribution in [3.05, 3.63) is 41.1 Å². The van der Waals surface area contributed by atoms with E-state index in [-0.39, 0.29) is 12.1 Å². The number of amides is 2. The molecule has 146 valence electrons. The summed E-state index contributed by atoms with van der Waals surface area (Å²) >= 11 is 0. The van der Waals surface area contributed by atoms with E-state index in [0.717, 1.165) is 37.0 Å². The van der Waals surface area contributed by atoms with Gasteiger partial charge in [-0.2, -0.15) is 5.26 Å². The number of rotatable bonds is 4. The molecule has 6 nitrogen and oxygen atoms in total. The van der Waals surface area contributed by atoms with Gasteiger partial charge in [0, 0.05) is 37.1 Å². The van der Waals surface area contributed by atoms with Crippen molar-refractivity contribution < 1.29 is 4.79 Å². The summed E-state index contributed by atoms with van der Waals surface area (Å²) in [6, 6.07) is 6.30. The smallest absolute Gasteiger partial charge is 0.324 e. The molecule has 2 heterocycles. The lowest BCUT2D eigenvalue weighted by Gasteiger charge is -2.36. The first-order chi connectivity index (χ1) is 13.6. The molecule has 0 saturated carbocycles. The van der Waals surface area contributed by atoms with E-state index in [0.29, 0.717) is 13.1 Å². The minimum atomic E-state index is -0.0805. The summed E-state index contributed by atoms with van der Waals surface area (Å²) in [5, 5.41) is 10.8. The van der Waals surface area contributed by atoms with E-state index in [4.69, 9.17) is 0 Å². The molecule has 2 aromatic rings. The number of hydrogen-bond acceptors (Lipinski definition) is 3. The predicted octanol–water partition coefficient (Wildman–Crippen LogP) is 3.70. The van der Waals surface area contributed by atoms with Gasteiger partial charge in [0.15, 0.2) is 6.19 Å². The highest BCUT2D eigenvalue weighted by molar-refractivity contribution is 6.00. The van der Waals surface area contributed by atoms with Gasteiger partial charge in [0.2, 0.25) is 0 Å². The second-order valence-electron chi connectivity index (χ2n) is 7.36. The van der Waals surface area contributed by atoms with E-state index in [1.54, 1.807) is 4.90 Å². The van der Waals surface area contributed by atoms with Crippen LogP contribution in [-0.4, -0.2) is 46.2 Å². The van der Waals surface area contributed by atoms with Gasteiger partial charge in [-0.25, -0.2) is 10.2 Å². The lowest BCUT2D eigenvalue weighted by atomic mass is 9.81. The molecule has 28 heavy (non-hydrogen) atoms. The van der Waals surface area contributed by atoms with Gasteiger partial charge < -0.3 is 9.80 Å². The number of fused-ring (bicyclic) bond motifs is 2. The van der Waals surface area contributed by atoms with Crippen molar-refractivity contribution in [2.45, 2.75) is 46.1 Å². The number of nitrogens with zero attached hydrogens (tertiary/aromatic N) is 4. The van der Waals surface area contributed by atoms with Crippen molar-refractivity contribution in [1.29, 1.82) is 5.26 Å². The second-order valence-corrected chi connectivity index (χ2v) is 7.36. The average Bonchev–Trinajstić information content (AvgIpc) is 3.02. The van der Waals surface area contributed by atoms with Crippen LogP contribution in [0.4, 0.5) is 4.79 Å². The summed E-state index contributed by atoms with van der Waals surface area (Å²) in [5.74, 6) is 0. The van der Waals surface area contributed by atoms with Crippen LogP contribution in [0.15, 0.2) is 24.3 Å². The Morgan fingerprint density at radius 1 is 1.32 bits per heavy atom. The van der Waals surface area contributed by atoms with Gasteiger partial charge in [-0.3, -0.25) is 4.68 Å². The largest absolute Gasteiger partial charge is 0.336 e. The number of aromatic nitrogens is 1. The van der Waals surface area contributed by atoms with E-state index >= 15 is 0 Å². The van der Waals surface area contributed by atoms with Crippen molar-refractivity contribution in [2.75, 3.05) is 25.1 Å². The maximum atomic E-state index is 12.8. The van der Waals surface area contributed by atoms with Crippen molar-refractivity contribution in [2.24, 2.45) is 0 Å². The van der Waals surface area contributed by atoms with Crippen LogP contribution in [-0.2, 0) is 12.8 Å². The van der Waals surface area contributed by atoms with Crippen molar-refractivity contribution in [1.82, 2.24) is 14.5 Å². The molecule has 1 aromatic heterocycles. The molecule has 0 bridgehead atoms. The van der Waals surface area contributed by atoms with Gasteiger partial charge in [0.25, 0.3) is 0 Å². The summed E-state index contributed by atoms with van der Waals surface area (Å²) in [5.41, 5.74) is 9.01. The number of hydrogen-bond donors (Lipinski definition) is 1. The van der Waals surface area contributed by atoms with Crippen LogP contribution in [0.1, 0.15) is 44.0 Å². The molecule has 6 heteroatoms. The summed E-state index contributed by atoms with van der Waals surface area (Å²) in [7, 11) is 0. The Kier molecular flexibility index (Phi) is 4.76. The molecular weight excluding hydrogens is 350 g/mol. The number of urea groups is 1. The van der Waals surface area contributed by atoms with Gasteiger partial charge in [-0.1, -0.05) is 25.1 Å². The van der Waals surface area contributed by atoms with Crippen LogP contribution in [0, 0.1) is 11.5 Å². The molecule has 0 radical (unpaired) electrons. The normalized spacial score (nSPS) is 17.7. The van der Waals surface area contributed by atoms with E-state index in [1.807, 2.05) is 23.4 Å². The fourth-order valence-corrected chi connectivity index (χ4v) is 4.75. The Hall–Kier alpha value is -2.94. The molecule has 4 rings (SSSR count). The molecular formula is C22H27N5O. The van der Waals surface area contributed by atoms with Crippen LogP contribution >= 0.6 is 0 Å². The van der Waals surface area contributed by atoms with Gasteiger partial charge in [-0.05, 0) is 49.5 Å². The van der Waals surface area contributed by atoms with Gasteiger partial charge in [0.05, 0.1) is 11.6 Å².